The smallest absolute Gasteiger partial charge is 0.262 e. The molecule has 0 aliphatic rings. The Morgan fingerprint density at radius 3 is 2.52 bits per heavy atom. The Labute approximate surface area is 130 Å². The number of rotatable bonds is 5. The average molecular weight is 325 g/mol. The number of nitrogens with one attached hydrogen (secondary N) is 2. The lowest BCUT2D eigenvalue weighted by molar-refractivity contribution is 0.600. The zero-order chi connectivity index (χ0) is 15.5. The SMILES string of the molecule is CNCc1cccc(S(=O)(=O)Nc2cccc(Cl)c2)c1C. The fraction of sp³-hybridized carbons (Fsp3) is 0.200. The molecule has 0 radical (unpaired) electrons. The molecule has 21 heavy (non-hydrogen) atoms. The van der Waals surface area contributed by atoms with Gasteiger partial charge >= 0.3 is 0 Å². The van der Waals surface area contributed by atoms with Crippen molar-refractivity contribution in [2.75, 3.05) is 11.8 Å². The molecule has 2 N–H and O–H groups in total. The van der Waals surface area contributed by atoms with Gasteiger partial charge in [0.1, 0.15) is 0 Å². The molecule has 2 rings (SSSR count). The van der Waals surface area contributed by atoms with Gasteiger partial charge in [0.15, 0.2) is 0 Å². The fourth-order valence-corrected chi connectivity index (χ4v) is 3.62. The molecule has 2 aromatic carbocycles. The molecular weight excluding hydrogens is 308 g/mol. The van der Waals surface area contributed by atoms with Crippen molar-refractivity contribution in [2.45, 2.75) is 18.4 Å². The first-order valence-corrected chi connectivity index (χ1v) is 8.31. The molecule has 0 heterocycles. The van der Waals surface area contributed by atoms with Gasteiger partial charge < -0.3 is 5.32 Å². The van der Waals surface area contributed by atoms with Crippen LogP contribution in [0, 0.1) is 6.92 Å². The summed E-state index contributed by atoms with van der Waals surface area (Å²) in [5.41, 5.74) is 2.13. The summed E-state index contributed by atoms with van der Waals surface area (Å²) in [4.78, 5) is 0.273. The van der Waals surface area contributed by atoms with E-state index in [1.807, 2.05) is 13.1 Å². The molecule has 0 aliphatic heterocycles. The van der Waals surface area contributed by atoms with Crippen molar-refractivity contribution in [3.05, 3.63) is 58.6 Å². The van der Waals surface area contributed by atoms with E-state index in [1.54, 1.807) is 43.3 Å². The predicted octanol–water partition coefficient (Wildman–Crippen LogP) is 3.17. The van der Waals surface area contributed by atoms with Gasteiger partial charge in [-0.05, 0) is 49.4 Å². The molecule has 4 nitrogen and oxygen atoms in total. The molecule has 0 aliphatic carbocycles. The molecule has 0 atom stereocenters. The molecule has 0 saturated carbocycles. The summed E-state index contributed by atoms with van der Waals surface area (Å²) in [7, 11) is -1.81. The summed E-state index contributed by atoms with van der Waals surface area (Å²) in [5.74, 6) is 0. The minimum absolute atomic E-state index is 0.273. The first-order chi connectivity index (χ1) is 9.94. The normalized spacial score (nSPS) is 11.4. The number of benzene rings is 2. The van der Waals surface area contributed by atoms with Crippen LogP contribution in [-0.2, 0) is 16.6 Å². The highest BCUT2D eigenvalue weighted by Gasteiger charge is 2.18. The molecule has 2 aromatic rings. The molecule has 0 bridgehead atoms. The van der Waals surface area contributed by atoms with Crippen molar-refractivity contribution >= 4 is 27.3 Å². The lowest BCUT2D eigenvalue weighted by atomic mass is 10.1. The van der Waals surface area contributed by atoms with Gasteiger partial charge in [-0.15, -0.1) is 0 Å². The third-order valence-electron chi connectivity index (χ3n) is 3.13. The van der Waals surface area contributed by atoms with Crippen molar-refractivity contribution in [2.24, 2.45) is 0 Å². The summed E-state index contributed by atoms with van der Waals surface area (Å²) in [5, 5.41) is 3.51. The maximum Gasteiger partial charge on any atom is 0.262 e. The van der Waals surface area contributed by atoms with E-state index in [2.05, 4.69) is 10.0 Å². The highest BCUT2D eigenvalue weighted by Crippen LogP contribution is 2.23. The Kier molecular flexibility index (Phi) is 4.88. The number of hydrogen-bond donors (Lipinski definition) is 2. The van der Waals surface area contributed by atoms with Gasteiger partial charge in [0, 0.05) is 11.6 Å². The summed E-state index contributed by atoms with van der Waals surface area (Å²) >= 11 is 5.87. The summed E-state index contributed by atoms with van der Waals surface area (Å²) in [6, 6.07) is 11.9. The first-order valence-electron chi connectivity index (χ1n) is 6.45. The van der Waals surface area contributed by atoms with E-state index >= 15 is 0 Å². The molecule has 0 spiro atoms. The van der Waals surface area contributed by atoms with Crippen LogP contribution in [0.2, 0.25) is 5.02 Å². The van der Waals surface area contributed by atoms with E-state index in [-0.39, 0.29) is 4.90 Å². The predicted molar refractivity (Wildman–Crippen MR) is 86.2 cm³/mol. The van der Waals surface area contributed by atoms with E-state index in [9.17, 15) is 8.42 Å². The number of anilines is 1. The van der Waals surface area contributed by atoms with Gasteiger partial charge in [0.05, 0.1) is 10.6 Å². The van der Waals surface area contributed by atoms with Gasteiger partial charge in [-0.1, -0.05) is 29.8 Å². The molecule has 112 valence electrons. The highest BCUT2D eigenvalue weighted by atomic mass is 35.5. The maximum absolute atomic E-state index is 12.5. The number of hydrogen-bond acceptors (Lipinski definition) is 3. The summed E-state index contributed by atoms with van der Waals surface area (Å²) in [6.07, 6.45) is 0. The standard InChI is InChI=1S/C15H17ClN2O2S/c1-11-12(10-17-2)5-3-8-15(11)21(19,20)18-14-7-4-6-13(16)9-14/h3-9,17-18H,10H2,1-2H3. The minimum Gasteiger partial charge on any atom is -0.316 e. The topological polar surface area (TPSA) is 58.2 Å². The zero-order valence-electron chi connectivity index (χ0n) is 11.9. The fourth-order valence-electron chi connectivity index (χ4n) is 2.10. The van der Waals surface area contributed by atoms with E-state index in [0.717, 1.165) is 11.1 Å². The third-order valence-corrected chi connectivity index (χ3v) is 4.89. The summed E-state index contributed by atoms with van der Waals surface area (Å²) in [6.45, 7) is 2.42. The molecular formula is C15H17ClN2O2S. The largest absolute Gasteiger partial charge is 0.316 e. The van der Waals surface area contributed by atoms with Crippen molar-refractivity contribution in [1.29, 1.82) is 0 Å². The van der Waals surface area contributed by atoms with Gasteiger partial charge in [-0.3, -0.25) is 4.72 Å². The Morgan fingerprint density at radius 1 is 1.14 bits per heavy atom. The highest BCUT2D eigenvalue weighted by molar-refractivity contribution is 7.92. The van der Waals surface area contributed by atoms with Gasteiger partial charge in [0.25, 0.3) is 10.0 Å². The Bertz CT molecular complexity index is 745. The molecule has 6 heteroatoms. The van der Waals surface area contributed by atoms with Crippen LogP contribution in [0.25, 0.3) is 0 Å². The third kappa shape index (κ3) is 3.75. The van der Waals surface area contributed by atoms with Crippen LogP contribution in [0.5, 0.6) is 0 Å². The van der Waals surface area contributed by atoms with Crippen LogP contribution in [-0.4, -0.2) is 15.5 Å². The Hall–Kier alpha value is -1.56. The number of sulfonamides is 1. The molecule has 0 amide bonds. The van der Waals surface area contributed by atoms with Crippen LogP contribution >= 0.6 is 11.6 Å². The van der Waals surface area contributed by atoms with Crippen molar-refractivity contribution in [1.82, 2.24) is 5.32 Å². The quantitative estimate of drug-likeness (QED) is 0.888. The lowest BCUT2D eigenvalue weighted by Gasteiger charge is -2.13. The Morgan fingerprint density at radius 2 is 1.86 bits per heavy atom. The molecule has 0 unspecified atom stereocenters. The van der Waals surface area contributed by atoms with E-state index < -0.39 is 10.0 Å². The van der Waals surface area contributed by atoms with E-state index in [1.165, 1.54) is 0 Å². The summed E-state index contributed by atoms with van der Waals surface area (Å²) < 4.78 is 27.6. The van der Waals surface area contributed by atoms with Crippen LogP contribution in [0.3, 0.4) is 0 Å². The van der Waals surface area contributed by atoms with E-state index in [4.69, 9.17) is 11.6 Å². The van der Waals surface area contributed by atoms with Crippen LogP contribution < -0.4 is 10.0 Å². The van der Waals surface area contributed by atoms with E-state index in [0.29, 0.717) is 17.3 Å². The number of halogens is 1. The van der Waals surface area contributed by atoms with Crippen LogP contribution in [0.4, 0.5) is 5.69 Å². The molecule has 0 saturated heterocycles. The second-order valence-corrected chi connectivity index (χ2v) is 6.77. The maximum atomic E-state index is 12.5. The monoisotopic (exact) mass is 324 g/mol. The van der Waals surface area contributed by atoms with Crippen molar-refractivity contribution in [3.8, 4) is 0 Å². The first kappa shape index (κ1) is 15.8. The second kappa shape index (κ2) is 6.47. The lowest BCUT2D eigenvalue weighted by Crippen LogP contribution is -2.16. The zero-order valence-corrected chi connectivity index (χ0v) is 13.4. The van der Waals surface area contributed by atoms with Crippen LogP contribution in [0.1, 0.15) is 11.1 Å². The Balaban J connectivity index is 2.38. The van der Waals surface area contributed by atoms with Crippen LogP contribution in [0.15, 0.2) is 47.4 Å². The average Bonchev–Trinajstić information content (AvgIpc) is 2.40. The van der Waals surface area contributed by atoms with Crippen molar-refractivity contribution in [3.63, 3.8) is 0 Å². The van der Waals surface area contributed by atoms with Gasteiger partial charge in [-0.25, -0.2) is 8.42 Å². The molecule has 0 fully saturated rings. The van der Waals surface area contributed by atoms with Crippen molar-refractivity contribution < 1.29 is 8.42 Å². The second-order valence-electron chi connectivity index (χ2n) is 4.69. The van der Waals surface area contributed by atoms with Gasteiger partial charge in [-0.2, -0.15) is 0 Å². The van der Waals surface area contributed by atoms with Gasteiger partial charge in [0.2, 0.25) is 0 Å². The minimum atomic E-state index is -3.64. The molecule has 0 aromatic heterocycles.